The summed E-state index contributed by atoms with van der Waals surface area (Å²) < 4.78 is 1.55. The molecule has 2 heterocycles. The topological polar surface area (TPSA) is 89.8 Å². The van der Waals surface area contributed by atoms with Crippen LogP contribution in [0.2, 0.25) is 0 Å². The van der Waals surface area contributed by atoms with Crippen molar-refractivity contribution in [1.29, 1.82) is 0 Å². The molecule has 1 aliphatic carbocycles. The van der Waals surface area contributed by atoms with E-state index in [1.165, 1.54) is 24.1 Å². The van der Waals surface area contributed by atoms with Crippen molar-refractivity contribution in [1.82, 2.24) is 19.7 Å². The molecule has 0 spiro atoms. The van der Waals surface area contributed by atoms with E-state index in [2.05, 4.69) is 20.5 Å². The number of aromatic nitrogens is 4. The van der Waals surface area contributed by atoms with Crippen LogP contribution in [0.1, 0.15) is 43.0 Å². The maximum atomic E-state index is 12.4. The molecule has 8 heteroatoms. The van der Waals surface area contributed by atoms with Crippen molar-refractivity contribution in [3.8, 4) is 0 Å². The maximum Gasteiger partial charge on any atom is 0.261 e. The number of hydrogen-bond donors (Lipinski definition) is 1. The van der Waals surface area contributed by atoms with Crippen LogP contribution < -0.4 is 10.9 Å². The Hall–Kier alpha value is -2.61. The zero-order chi connectivity index (χ0) is 17.9. The summed E-state index contributed by atoms with van der Waals surface area (Å²) in [6.45, 7) is 0.452. The fourth-order valence-corrected chi connectivity index (χ4v) is 3.89. The molecule has 1 N–H and O–H groups in total. The molecular weight excluding hydrogens is 350 g/mol. The van der Waals surface area contributed by atoms with E-state index in [-0.39, 0.29) is 11.5 Å². The molecule has 1 amide bonds. The predicted molar refractivity (Wildman–Crippen MR) is 100 cm³/mol. The van der Waals surface area contributed by atoms with Gasteiger partial charge in [-0.3, -0.25) is 14.2 Å². The van der Waals surface area contributed by atoms with Gasteiger partial charge in [0.15, 0.2) is 0 Å². The van der Waals surface area contributed by atoms with E-state index in [1.54, 1.807) is 10.6 Å². The van der Waals surface area contributed by atoms with Gasteiger partial charge in [0.25, 0.3) is 5.56 Å². The average molecular weight is 369 g/mol. The first-order valence-electron chi connectivity index (χ1n) is 8.78. The molecule has 26 heavy (non-hydrogen) atoms. The van der Waals surface area contributed by atoms with Gasteiger partial charge in [0.05, 0.1) is 17.2 Å². The first kappa shape index (κ1) is 16.8. The zero-order valence-electron chi connectivity index (χ0n) is 14.2. The molecule has 0 aliphatic heterocycles. The van der Waals surface area contributed by atoms with E-state index in [0.717, 1.165) is 17.8 Å². The van der Waals surface area contributed by atoms with E-state index >= 15 is 0 Å². The van der Waals surface area contributed by atoms with Crippen LogP contribution in [0.4, 0.5) is 5.13 Å². The molecule has 134 valence electrons. The molecule has 2 aromatic heterocycles. The van der Waals surface area contributed by atoms with Gasteiger partial charge in [-0.1, -0.05) is 29.9 Å². The highest BCUT2D eigenvalue weighted by atomic mass is 32.1. The van der Waals surface area contributed by atoms with Crippen LogP contribution in [0.15, 0.2) is 35.4 Å². The smallest absolute Gasteiger partial charge is 0.261 e. The molecule has 1 fully saturated rings. The molecule has 1 aromatic carbocycles. The molecule has 0 radical (unpaired) electrons. The minimum atomic E-state index is -0.108. The summed E-state index contributed by atoms with van der Waals surface area (Å²) in [6.07, 6.45) is 5.99. The lowest BCUT2D eigenvalue weighted by Crippen LogP contribution is -2.21. The van der Waals surface area contributed by atoms with E-state index in [1.807, 2.05) is 18.2 Å². The summed E-state index contributed by atoms with van der Waals surface area (Å²) in [4.78, 5) is 28.8. The van der Waals surface area contributed by atoms with Crippen LogP contribution in [-0.2, 0) is 11.3 Å². The summed E-state index contributed by atoms with van der Waals surface area (Å²) in [5.74, 6) is 0.411. The molecular formula is C18H19N5O2S. The summed E-state index contributed by atoms with van der Waals surface area (Å²) in [5.41, 5.74) is 0.607. The Morgan fingerprint density at radius 1 is 1.27 bits per heavy atom. The number of carbonyl (C=O) groups is 1. The molecule has 0 unspecified atom stereocenters. The first-order chi connectivity index (χ1) is 12.7. The van der Waals surface area contributed by atoms with Crippen LogP contribution >= 0.6 is 11.3 Å². The van der Waals surface area contributed by atoms with Crippen molar-refractivity contribution in [2.75, 3.05) is 5.32 Å². The third-order valence-corrected chi connectivity index (χ3v) is 5.68. The minimum absolute atomic E-state index is 0.0785. The van der Waals surface area contributed by atoms with Crippen molar-refractivity contribution in [3.63, 3.8) is 0 Å². The Morgan fingerprint density at radius 2 is 2.12 bits per heavy atom. The predicted octanol–water partition coefficient (Wildman–Crippen LogP) is 2.93. The van der Waals surface area contributed by atoms with Crippen LogP contribution in [0.5, 0.6) is 0 Å². The van der Waals surface area contributed by atoms with Gasteiger partial charge in [-0.25, -0.2) is 4.98 Å². The lowest BCUT2D eigenvalue weighted by Gasteiger charge is -2.21. The number of fused-ring (bicyclic) bond motifs is 1. The quantitative estimate of drug-likeness (QED) is 0.721. The molecule has 0 bridgehead atoms. The Bertz CT molecular complexity index is 992. The van der Waals surface area contributed by atoms with Gasteiger partial charge in [0, 0.05) is 18.9 Å². The fourth-order valence-electron chi connectivity index (χ4n) is 2.96. The second kappa shape index (κ2) is 7.33. The number of rotatable bonds is 6. The normalized spacial score (nSPS) is 14.3. The Labute approximate surface area is 154 Å². The van der Waals surface area contributed by atoms with Gasteiger partial charge in [0.2, 0.25) is 11.0 Å². The molecule has 1 aliphatic rings. The Kier molecular flexibility index (Phi) is 4.75. The molecule has 0 atom stereocenters. The maximum absolute atomic E-state index is 12.4. The van der Waals surface area contributed by atoms with Crippen molar-refractivity contribution < 1.29 is 4.79 Å². The highest BCUT2D eigenvalue weighted by molar-refractivity contribution is 7.15. The third-order valence-electron chi connectivity index (χ3n) is 4.68. The number of amides is 1. The summed E-state index contributed by atoms with van der Waals surface area (Å²) in [7, 11) is 0. The van der Waals surface area contributed by atoms with Gasteiger partial charge in [-0.15, -0.1) is 10.2 Å². The summed E-state index contributed by atoms with van der Waals surface area (Å²) in [6, 6.07) is 7.26. The monoisotopic (exact) mass is 369 g/mol. The number of nitrogens with zero attached hydrogens (tertiary/aromatic N) is 4. The minimum Gasteiger partial charge on any atom is -0.301 e. The van der Waals surface area contributed by atoms with Gasteiger partial charge in [-0.2, -0.15) is 0 Å². The van der Waals surface area contributed by atoms with Crippen molar-refractivity contribution in [2.24, 2.45) is 0 Å². The van der Waals surface area contributed by atoms with Crippen LogP contribution in [-0.4, -0.2) is 25.7 Å². The van der Waals surface area contributed by atoms with Gasteiger partial charge in [-0.05, 0) is 31.4 Å². The van der Waals surface area contributed by atoms with Crippen molar-refractivity contribution in [2.45, 2.75) is 44.6 Å². The van der Waals surface area contributed by atoms with E-state index < -0.39 is 0 Å². The van der Waals surface area contributed by atoms with Crippen molar-refractivity contribution >= 4 is 33.3 Å². The van der Waals surface area contributed by atoms with Gasteiger partial charge < -0.3 is 5.32 Å². The lowest BCUT2D eigenvalue weighted by molar-refractivity contribution is -0.116. The van der Waals surface area contributed by atoms with Crippen LogP contribution in [0.3, 0.4) is 0 Å². The third kappa shape index (κ3) is 3.50. The highest BCUT2D eigenvalue weighted by Crippen LogP contribution is 2.38. The number of nitrogens with one attached hydrogen (secondary N) is 1. The van der Waals surface area contributed by atoms with E-state index in [9.17, 15) is 9.59 Å². The van der Waals surface area contributed by atoms with Crippen LogP contribution in [0, 0.1) is 0 Å². The van der Waals surface area contributed by atoms with Crippen molar-refractivity contribution in [3.05, 3.63) is 46.0 Å². The molecule has 4 rings (SSSR count). The number of aryl methyl sites for hydroxylation is 1. The highest BCUT2D eigenvalue weighted by Gasteiger charge is 2.23. The number of carbonyl (C=O) groups excluding carboxylic acids is 1. The fraction of sp³-hybridized carbons (Fsp3) is 0.389. The standard InChI is InChI=1S/C18H19N5O2S/c24-15(20-18-22-21-16(26-18)12-5-3-6-12)9-4-10-23-11-19-14-8-2-1-7-13(14)17(23)25/h1-2,7-8,11-12H,3-6,9-10H2,(H,20,22,24). The SMILES string of the molecule is O=C(CCCn1cnc2ccccc2c1=O)Nc1nnc(C2CCC2)s1. The van der Waals surface area contributed by atoms with Crippen LogP contribution in [0.25, 0.3) is 10.9 Å². The largest absolute Gasteiger partial charge is 0.301 e. The second-order valence-corrected chi connectivity index (χ2v) is 7.49. The Morgan fingerprint density at radius 3 is 2.92 bits per heavy atom. The van der Waals surface area contributed by atoms with Gasteiger partial charge >= 0.3 is 0 Å². The second-order valence-electron chi connectivity index (χ2n) is 6.49. The molecule has 7 nitrogen and oxygen atoms in total. The molecule has 0 saturated heterocycles. The summed E-state index contributed by atoms with van der Waals surface area (Å²) in [5, 5.41) is 13.2. The number of benzene rings is 1. The average Bonchev–Trinajstić information content (AvgIpc) is 3.03. The number of para-hydroxylation sites is 1. The number of anilines is 1. The first-order valence-corrected chi connectivity index (χ1v) is 9.60. The summed E-state index contributed by atoms with van der Waals surface area (Å²) >= 11 is 1.46. The molecule has 3 aromatic rings. The zero-order valence-corrected chi connectivity index (χ0v) is 15.0. The Balaban J connectivity index is 1.31. The lowest BCUT2D eigenvalue weighted by atomic mass is 9.86. The number of hydrogen-bond acceptors (Lipinski definition) is 6. The van der Waals surface area contributed by atoms with E-state index in [4.69, 9.17) is 0 Å². The molecule has 1 saturated carbocycles. The van der Waals surface area contributed by atoms with Gasteiger partial charge in [0.1, 0.15) is 5.01 Å². The van der Waals surface area contributed by atoms with E-state index in [0.29, 0.717) is 41.3 Å².